The number of carbonyl (C=O) groups is 2. The maximum Gasteiger partial charge on any atom is 0.228 e. The van der Waals surface area contributed by atoms with E-state index >= 15 is 0 Å². The summed E-state index contributed by atoms with van der Waals surface area (Å²) in [7, 11) is 0. The first kappa shape index (κ1) is 11.6. The Hall–Kier alpha value is -1.90. The van der Waals surface area contributed by atoms with Gasteiger partial charge in [-0.05, 0) is 23.6 Å². The van der Waals surface area contributed by atoms with Crippen LogP contribution in [0, 0.1) is 0 Å². The predicted octanol–water partition coefficient (Wildman–Crippen LogP) is 2.26. The molecule has 17 heavy (non-hydrogen) atoms. The number of hydrogen-bond donors (Lipinski definition) is 1. The highest BCUT2D eigenvalue weighted by atomic mass is 16.1. The normalized spacial score (nSPS) is 13.1. The van der Waals surface area contributed by atoms with E-state index in [-0.39, 0.29) is 11.7 Å². The average molecular weight is 229 g/mol. The van der Waals surface area contributed by atoms with Crippen LogP contribution in [0.3, 0.4) is 0 Å². The fraction of sp³-hybridized carbons (Fsp3) is 0.286. The van der Waals surface area contributed by atoms with Crippen LogP contribution in [0.5, 0.6) is 0 Å². The molecule has 0 bridgehead atoms. The molecular formula is C14H15NO2. The summed E-state index contributed by atoms with van der Waals surface area (Å²) in [5.74, 6) is 0.234. The molecule has 1 heterocycles. The van der Waals surface area contributed by atoms with Crippen molar-refractivity contribution < 1.29 is 9.59 Å². The van der Waals surface area contributed by atoms with Crippen molar-refractivity contribution in [2.75, 3.05) is 5.32 Å². The molecule has 1 aliphatic rings. The summed E-state index contributed by atoms with van der Waals surface area (Å²) in [6, 6.07) is 5.71. The van der Waals surface area contributed by atoms with Gasteiger partial charge in [0.05, 0.1) is 6.42 Å². The van der Waals surface area contributed by atoms with Gasteiger partial charge in [0, 0.05) is 18.5 Å². The van der Waals surface area contributed by atoms with E-state index in [1.165, 1.54) is 0 Å². The molecule has 3 heteroatoms. The number of benzene rings is 1. The molecule has 0 unspecified atom stereocenters. The van der Waals surface area contributed by atoms with Crippen molar-refractivity contribution in [3.63, 3.8) is 0 Å². The fourth-order valence-corrected chi connectivity index (χ4v) is 1.97. The first-order valence-electron chi connectivity index (χ1n) is 5.73. The minimum Gasteiger partial charge on any atom is -0.326 e. The molecule has 0 saturated carbocycles. The maximum absolute atomic E-state index is 11.6. The van der Waals surface area contributed by atoms with E-state index < -0.39 is 0 Å². The van der Waals surface area contributed by atoms with Gasteiger partial charge < -0.3 is 5.32 Å². The Balaban J connectivity index is 2.03. The summed E-state index contributed by atoms with van der Waals surface area (Å²) in [5.41, 5.74) is 2.84. The summed E-state index contributed by atoms with van der Waals surface area (Å²) < 4.78 is 0. The number of nitrogens with one attached hydrogen (secondary N) is 1. The molecule has 0 aromatic heterocycles. The van der Waals surface area contributed by atoms with E-state index in [1.807, 2.05) is 18.2 Å². The smallest absolute Gasteiger partial charge is 0.228 e. The molecule has 0 aliphatic carbocycles. The minimum absolute atomic E-state index is 0.0233. The Bertz CT molecular complexity index is 477. The third-order valence-electron chi connectivity index (χ3n) is 2.82. The number of fused-ring (bicyclic) bond motifs is 1. The van der Waals surface area contributed by atoms with Crippen LogP contribution in [0.15, 0.2) is 30.9 Å². The molecule has 0 spiro atoms. The minimum atomic E-state index is 0.0233. The quantitative estimate of drug-likeness (QED) is 0.787. The van der Waals surface area contributed by atoms with Crippen LogP contribution in [0.25, 0.3) is 0 Å². The monoisotopic (exact) mass is 229 g/mol. The van der Waals surface area contributed by atoms with E-state index in [0.29, 0.717) is 19.3 Å². The highest BCUT2D eigenvalue weighted by Crippen LogP contribution is 2.24. The molecule has 1 aromatic carbocycles. The van der Waals surface area contributed by atoms with Crippen LogP contribution in [-0.4, -0.2) is 11.7 Å². The summed E-state index contributed by atoms with van der Waals surface area (Å²) in [4.78, 5) is 22.8. The molecule has 0 radical (unpaired) electrons. The van der Waals surface area contributed by atoms with Crippen LogP contribution in [0.2, 0.25) is 0 Å². The van der Waals surface area contributed by atoms with E-state index in [0.717, 1.165) is 23.2 Å². The number of allylic oxidation sites excluding steroid dienone is 1. The number of hydrogen-bond acceptors (Lipinski definition) is 2. The second kappa shape index (κ2) is 4.95. The summed E-state index contributed by atoms with van der Waals surface area (Å²) in [5, 5.41) is 2.78. The molecule has 0 saturated heterocycles. The van der Waals surface area contributed by atoms with Crippen molar-refractivity contribution in [1.29, 1.82) is 0 Å². The lowest BCUT2D eigenvalue weighted by atomic mass is 10.0. The third-order valence-corrected chi connectivity index (χ3v) is 2.82. The van der Waals surface area contributed by atoms with Crippen molar-refractivity contribution in [3.8, 4) is 0 Å². The third kappa shape index (κ3) is 2.81. The zero-order valence-corrected chi connectivity index (χ0v) is 9.66. The maximum atomic E-state index is 11.6. The molecule has 0 atom stereocenters. The topological polar surface area (TPSA) is 46.2 Å². The first-order valence-corrected chi connectivity index (χ1v) is 5.73. The number of rotatable bonds is 5. The number of ketones is 1. The van der Waals surface area contributed by atoms with Crippen LogP contribution < -0.4 is 5.32 Å². The highest BCUT2D eigenvalue weighted by Gasteiger charge is 2.17. The SMILES string of the molecule is C=CCCC(=O)Cc1ccc2c(c1)CC(=O)N2. The molecule has 2 rings (SSSR count). The highest BCUT2D eigenvalue weighted by molar-refractivity contribution is 5.99. The van der Waals surface area contributed by atoms with Gasteiger partial charge in [0.15, 0.2) is 0 Å². The largest absolute Gasteiger partial charge is 0.326 e. The Kier molecular flexibility index (Phi) is 3.38. The van der Waals surface area contributed by atoms with Crippen molar-refractivity contribution in [3.05, 3.63) is 42.0 Å². The molecule has 1 N–H and O–H groups in total. The molecular weight excluding hydrogens is 214 g/mol. The Morgan fingerprint density at radius 3 is 3.06 bits per heavy atom. The molecule has 0 fully saturated rings. The van der Waals surface area contributed by atoms with E-state index in [2.05, 4.69) is 11.9 Å². The fourth-order valence-electron chi connectivity index (χ4n) is 1.97. The average Bonchev–Trinajstić information content (AvgIpc) is 2.65. The van der Waals surface area contributed by atoms with Gasteiger partial charge in [0.1, 0.15) is 5.78 Å². The van der Waals surface area contributed by atoms with Gasteiger partial charge in [-0.3, -0.25) is 9.59 Å². The van der Waals surface area contributed by atoms with Gasteiger partial charge in [-0.2, -0.15) is 0 Å². The van der Waals surface area contributed by atoms with Crippen LogP contribution >= 0.6 is 0 Å². The zero-order valence-electron chi connectivity index (χ0n) is 9.66. The van der Waals surface area contributed by atoms with Gasteiger partial charge in [-0.15, -0.1) is 6.58 Å². The number of anilines is 1. The molecule has 88 valence electrons. The van der Waals surface area contributed by atoms with Crippen LogP contribution in [0.1, 0.15) is 24.0 Å². The first-order chi connectivity index (χ1) is 8.19. The van der Waals surface area contributed by atoms with E-state index in [9.17, 15) is 9.59 Å². The van der Waals surface area contributed by atoms with Gasteiger partial charge in [-0.1, -0.05) is 18.2 Å². The number of Topliss-reactive ketones (excluding diaryl/α,β-unsaturated/α-hetero) is 1. The van der Waals surface area contributed by atoms with Crippen LogP contribution in [-0.2, 0) is 22.4 Å². The Labute approximate surface area is 101 Å². The number of amides is 1. The van der Waals surface area contributed by atoms with Crippen molar-refractivity contribution in [2.45, 2.75) is 25.7 Å². The van der Waals surface area contributed by atoms with Crippen molar-refractivity contribution in [1.82, 2.24) is 0 Å². The summed E-state index contributed by atoms with van der Waals surface area (Å²) in [6.45, 7) is 3.60. The van der Waals surface area contributed by atoms with E-state index in [1.54, 1.807) is 6.08 Å². The lowest BCUT2D eigenvalue weighted by Crippen LogP contribution is -2.03. The second-order valence-electron chi connectivity index (χ2n) is 4.26. The van der Waals surface area contributed by atoms with Gasteiger partial charge in [0.25, 0.3) is 0 Å². The molecule has 1 aromatic rings. The summed E-state index contributed by atoms with van der Waals surface area (Å²) >= 11 is 0. The van der Waals surface area contributed by atoms with Crippen molar-refractivity contribution >= 4 is 17.4 Å². The molecule has 1 amide bonds. The van der Waals surface area contributed by atoms with Crippen molar-refractivity contribution in [2.24, 2.45) is 0 Å². The molecule has 3 nitrogen and oxygen atoms in total. The number of carbonyl (C=O) groups excluding carboxylic acids is 2. The second-order valence-corrected chi connectivity index (χ2v) is 4.26. The van der Waals surface area contributed by atoms with E-state index in [4.69, 9.17) is 0 Å². The zero-order chi connectivity index (χ0) is 12.3. The lowest BCUT2D eigenvalue weighted by Gasteiger charge is -2.03. The Morgan fingerprint density at radius 1 is 1.47 bits per heavy atom. The predicted molar refractivity (Wildman–Crippen MR) is 66.9 cm³/mol. The van der Waals surface area contributed by atoms with Gasteiger partial charge >= 0.3 is 0 Å². The van der Waals surface area contributed by atoms with Gasteiger partial charge in [-0.25, -0.2) is 0 Å². The van der Waals surface area contributed by atoms with Crippen LogP contribution in [0.4, 0.5) is 5.69 Å². The Morgan fingerprint density at radius 2 is 2.29 bits per heavy atom. The van der Waals surface area contributed by atoms with Gasteiger partial charge in [0.2, 0.25) is 5.91 Å². The summed E-state index contributed by atoms with van der Waals surface area (Å²) in [6.07, 6.45) is 3.88. The molecule has 1 aliphatic heterocycles. The lowest BCUT2D eigenvalue weighted by molar-refractivity contribution is -0.118. The standard InChI is InChI=1S/C14H15NO2/c1-2-3-4-12(16)8-10-5-6-13-11(7-10)9-14(17)15-13/h2,5-7H,1,3-4,8-9H2,(H,15,17).